The third kappa shape index (κ3) is 2.35. The number of hydrogen-bond donors (Lipinski definition) is 0. The van der Waals surface area contributed by atoms with Gasteiger partial charge in [0.1, 0.15) is 0 Å². The minimum absolute atomic E-state index is 0.729. The molecule has 0 aliphatic heterocycles. The van der Waals surface area contributed by atoms with Gasteiger partial charge >= 0.3 is 84.8 Å². The van der Waals surface area contributed by atoms with Crippen molar-refractivity contribution in [2.45, 2.75) is 0 Å². The number of rotatable bonds is 1. The summed E-state index contributed by atoms with van der Waals surface area (Å²) in [5, 5.41) is 0.729. The number of benzene rings is 1. The summed E-state index contributed by atoms with van der Waals surface area (Å²) in [6, 6.07) is 7.20. The molecular weight excluding hydrogens is 286 g/mol. The van der Waals surface area contributed by atoms with Crippen LogP contribution >= 0.6 is 11.6 Å². The van der Waals surface area contributed by atoms with Gasteiger partial charge in [-0.3, -0.25) is 0 Å². The maximum absolute atomic E-state index is 5.61. The monoisotopic (exact) mass is 291 g/mol. The Hall–Kier alpha value is 0.583. The molecule has 0 N–H and O–H groups in total. The molecule has 0 radical (unpaired) electrons. The van der Waals surface area contributed by atoms with Crippen molar-refractivity contribution in [1.29, 1.82) is 0 Å². The fourth-order valence-corrected chi connectivity index (χ4v) is 0.880. The van der Waals surface area contributed by atoms with Gasteiger partial charge in [-0.25, -0.2) is 0 Å². The summed E-state index contributed by atoms with van der Waals surface area (Å²) in [5.74, 6) is 0.820. The van der Waals surface area contributed by atoms with E-state index in [9.17, 15) is 0 Å². The van der Waals surface area contributed by atoms with Crippen LogP contribution in [0.25, 0.3) is 0 Å². The second kappa shape index (κ2) is 3.68. The van der Waals surface area contributed by atoms with Gasteiger partial charge in [-0.05, 0) is 0 Å². The van der Waals surface area contributed by atoms with Crippen LogP contribution in [0.5, 0.6) is 5.75 Å². The summed E-state index contributed by atoms with van der Waals surface area (Å²) in [7, 11) is 0. The van der Waals surface area contributed by atoms with E-state index >= 15 is 0 Å². The zero-order valence-electron chi connectivity index (χ0n) is 4.41. The van der Waals surface area contributed by atoms with Gasteiger partial charge in [0.25, 0.3) is 0 Å². The molecule has 0 atom stereocenters. The van der Waals surface area contributed by atoms with Crippen LogP contribution in [0.4, 0.5) is 0 Å². The summed E-state index contributed by atoms with van der Waals surface area (Å²) >= 11 is 7.42. The molecule has 1 aromatic carbocycles. The van der Waals surface area contributed by atoms with Crippen molar-refractivity contribution in [3.8, 4) is 5.75 Å². The van der Waals surface area contributed by atoms with Gasteiger partial charge in [0.05, 0.1) is 0 Å². The van der Waals surface area contributed by atoms with E-state index in [1.165, 1.54) is 0 Å². The van der Waals surface area contributed by atoms with E-state index in [-0.39, 0.29) is 0 Å². The molecule has 0 amide bonds. The molecular formula is C6H4ClDyO. The Labute approximate surface area is 83.9 Å². The predicted molar refractivity (Wildman–Crippen MR) is 32.1 cm³/mol. The summed E-state index contributed by atoms with van der Waals surface area (Å²) in [6.45, 7) is 0. The van der Waals surface area contributed by atoms with Gasteiger partial charge in [-0.1, -0.05) is 0 Å². The van der Waals surface area contributed by atoms with Crippen LogP contribution in [0.3, 0.4) is 0 Å². The van der Waals surface area contributed by atoms with Crippen LogP contribution in [0.2, 0.25) is 5.02 Å². The maximum atomic E-state index is 5.61. The van der Waals surface area contributed by atoms with E-state index in [0.717, 1.165) is 10.8 Å². The first-order valence-corrected chi connectivity index (χ1v) is 3.55. The molecule has 1 rings (SSSR count). The molecule has 0 saturated heterocycles. The van der Waals surface area contributed by atoms with Gasteiger partial charge in [0.15, 0.2) is 0 Å². The van der Waals surface area contributed by atoms with Gasteiger partial charge in [0, 0.05) is 0 Å². The van der Waals surface area contributed by atoms with E-state index in [1.54, 1.807) is 12.1 Å². The molecule has 0 fully saturated rings. The summed E-state index contributed by atoms with van der Waals surface area (Å²) in [5.41, 5.74) is 0. The van der Waals surface area contributed by atoms with Gasteiger partial charge in [0.2, 0.25) is 0 Å². The van der Waals surface area contributed by atoms with Crippen LogP contribution in [-0.4, -0.2) is 0 Å². The molecule has 9 heavy (non-hydrogen) atoms. The topological polar surface area (TPSA) is 9.23 Å². The van der Waals surface area contributed by atoms with E-state index in [4.69, 9.17) is 13.0 Å². The minimum atomic E-state index is 0.729. The molecule has 0 aromatic heterocycles. The number of hydrogen-bond acceptors (Lipinski definition) is 1. The quantitative estimate of drug-likeness (QED) is 0.770. The van der Waals surface area contributed by atoms with E-state index < -0.39 is 0 Å². The summed E-state index contributed by atoms with van der Waals surface area (Å²) < 4.78 is 4.88. The molecule has 51 valence electrons. The Morgan fingerprint density at radius 3 is 2.22 bits per heavy atom. The third-order valence-electron chi connectivity index (χ3n) is 0.888. The van der Waals surface area contributed by atoms with Crippen molar-refractivity contribution in [3.63, 3.8) is 0 Å². The second-order valence-electron chi connectivity index (χ2n) is 1.52. The fourth-order valence-electron chi connectivity index (χ4n) is 0.478. The Balaban J connectivity index is 2.88. The molecule has 3 heteroatoms. The third-order valence-corrected chi connectivity index (χ3v) is 1.62. The van der Waals surface area contributed by atoms with Gasteiger partial charge < -0.3 is 0 Å². The molecule has 0 bridgehead atoms. The van der Waals surface area contributed by atoms with Crippen molar-refractivity contribution < 1.29 is 38.2 Å². The average molecular weight is 290 g/mol. The molecule has 0 spiro atoms. The SMILES string of the molecule is Clc1ccc([O][Dy])cc1. The van der Waals surface area contributed by atoms with Crippen molar-refractivity contribution in [1.82, 2.24) is 0 Å². The first kappa shape index (κ1) is 7.69. The standard InChI is InChI=1S/C6H5ClO.Dy/c7-5-1-3-6(8)4-2-5;/h1-4,8H;/q;+1/p-1. The molecule has 0 saturated carbocycles. The van der Waals surface area contributed by atoms with Crippen molar-refractivity contribution in [3.05, 3.63) is 29.3 Å². The second-order valence-corrected chi connectivity index (χ2v) is 2.37. The van der Waals surface area contributed by atoms with Crippen LogP contribution in [0, 0.1) is 36.8 Å². The van der Waals surface area contributed by atoms with Crippen LogP contribution < -0.4 is 1.39 Å². The number of halogens is 1. The average Bonchev–Trinajstić information content (AvgIpc) is 1.90. The van der Waals surface area contributed by atoms with E-state index in [1.807, 2.05) is 48.9 Å². The Morgan fingerprint density at radius 1 is 1.22 bits per heavy atom. The molecule has 0 heterocycles. The van der Waals surface area contributed by atoms with Crippen molar-refractivity contribution >= 4 is 11.6 Å². The van der Waals surface area contributed by atoms with Crippen LogP contribution in [-0.2, 0) is 0 Å². The summed E-state index contributed by atoms with van der Waals surface area (Å²) in [6.07, 6.45) is 0. The Bertz CT molecular complexity index is 185. The van der Waals surface area contributed by atoms with Crippen LogP contribution in [0.1, 0.15) is 0 Å². The van der Waals surface area contributed by atoms with Gasteiger partial charge in [-0.15, -0.1) is 0 Å². The van der Waals surface area contributed by atoms with Crippen molar-refractivity contribution in [2.75, 3.05) is 0 Å². The predicted octanol–water partition coefficient (Wildman–Crippen LogP) is 2.18. The molecule has 1 nitrogen and oxygen atoms in total. The van der Waals surface area contributed by atoms with E-state index in [2.05, 4.69) is 0 Å². The van der Waals surface area contributed by atoms with E-state index in [0.29, 0.717) is 0 Å². The van der Waals surface area contributed by atoms with Crippen LogP contribution in [0.15, 0.2) is 24.3 Å². The molecule has 0 aliphatic carbocycles. The Kier molecular flexibility index (Phi) is 3.14. The molecule has 0 aliphatic rings. The zero-order chi connectivity index (χ0) is 6.69. The molecule has 1 aromatic rings. The Morgan fingerprint density at radius 2 is 1.78 bits per heavy atom. The first-order valence-electron chi connectivity index (χ1n) is 2.34. The van der Waals surface area contributed by atoms with Gasteiger partial charge in [-0.2, -0.15) is 0 Å². The zero-order valence-corrected chi connectivity index (χ0v) is 7.20. The summed E-state index contributed by atoms with van der Waals surface area (Å²) in [4.78, 5) is 0. The molecule has 0 unspecified atom stereocenters. The normalized spacial score (nSPS) is 9.22. The fraction of sp³-hybridized carbons (Fsp3) is 0. The first-order chi connectivity index (χ1) is 4.33. The van der Waals surface area contributed by atoms with Crippen molar-refractivity contribution in [2.24, 2.45) is 0 Å².